The van der Waals surface area contributed by atoms with Crippen molar-refractivity contribution in [3.05, 3.63) is 46.3 Å². The molecule has 25 heavy (non-hydrogen) atoms. The number of carbonyl (C=O) groups excluding carboxylic acids is 1. The fourth-order valence-corrected chi connectivity index (χ4v) is 3.32. The standard InChI is InChI=1S/C17H15N5O2S/c1-24-11-4-2-9(3-5-11)8-21-16(23)14-13(19)12-6-10(7-18)15(20)22-17(12)25-14/h2-6H,8,19H2,1H3,(H2,20,22)(H,21,23). The summed E-state index contributed by atoms with van der Waals surface area (Å²) in [4.78, 5) is 17.5. The lowest BCUT2D eigenvalue weighted by atomic mass is 10.2. The Kier molecular flexibility index (Phi) is 4.41. The highest BCUT2D eigenvalue weighted by molar-refractivity contribution is 7.21. The lowest BCUT2D eigenvalue weighted by Gasteiger charge is -2.06. The van der Waals surface area contributed by atoms with Gasteiger partial charge in [0.1, 0.15) is 27.3 Å². The second kappa shape index (κ2) is 6.67. The number of nitriles is 1. The molecule has 0 unspecified atom stereocenters. The van der Waals surface area contributed by atoms with Crippen LogP contribution in [-0.4, -0.2) is 18.0 Å². The Morgan fingerprint density at radius 3 is 2.72 bits per heavy atom. The molecule has 0 saturated heterocycles. The van der Waals surface area contributed by atoms with Crippen molar-refractivity contribution < 1.29 is 9.53 Å². The highest BCUT2D eigenvalue weighted by Gasteiger charge is 2.18. The number of nitrogens with zero attached hydrogens (tertiary/aromatic N) is 2. The Morgan fingerprint density at radius 2 is 2.08 bits per heavy atom. The average Bonchev–Trinajstić information content (AvgIpc) is 2.95. The van der Waals surface area contributed by atoms with E-state index in [1.54, 1.807) is 13.2 Å². The number of hydrogen-bond donors (Lipinski definition) is 3. The van der Waals surface area contributed by atoms with E-state index in [2.05, 4.69) is 10.3 Å². The third kappa shape index (κ3) is 3.18. The van der Waals surface area contributed by atoms with E-state index in [9.17, 15) is 4.79 Å². The maximum atomic E-state index is 12.4. The van der Waals surface area contributed by atoms with Crippen LogP contribution in [0.1, 0.15) is 20.8 Å². The molecule has 2 heterocycles. The number of fused-ring (bicyclic) bond motifs is 1. The molecule has 3 rings (SSSR count). The lowest BCUT2D eigenvalue weighted by Crippen LogP contribution is -2.22. The number of amides is 1. The van der Waals surface area contributed by atoms with E-state index in [1.807, 2.05) is 30.3 Å². The van der Waals surface area contributed by atoms with Crippen molar-refractivity contribution in [2.75, 3.05) is 18.6 Å². The van der Waals surface area contributed by atoms with Gasteiger partial charge in [-0.3, -0.25) is 4.79 Å². The van der Waals surface area contributed by atoms with E-state index < -0.39 is 0 Å². The summed E-state index contributed by atoms with van der Waals surface area (Å²) in [6, 6.07) is 10.9. The first-order chi connectivity index (χ1) is 12.0. The maximum absolute atomic E-state index is 12.4. The molecule has 126 valence electrons. The van der Waals surface area contributed by atoms with Gasteiger partial charge >= 0.3 is 0 Å². The number of carbonyl (C=O) groups is 1. The predicted molar refractivity (Wildman–Crippen MR) is 97.3 cm³/mol. The normalized spacial score (nSPS) is 10.4. The van der Waals surface area contributed by atoms with E-state index in [0.717, 1.165) is 22.6 Å². The van der Waals surface area contributed by atoms with Crippen LogP contribution in [0.4, 0.5) is 11.5 Å². The van der Waals surface area contributed by atoms with Crippen molar-refractivity contribution in [3.8, 4) is 11.8 Å². The Balaban J connectivity index is 1.82. The Labute approximate surface area is 147 Å². The molecule has 1 aromatic carbocycles. The highest BCUT2D eigenvalue weighted by Crippen LogP contribution is 2.34. The first kappa shape index (κ1) is 16.5. The molecule has 7 nitrogen and oxygen atoms in total. The SMILES string of the molecule is COc1ccc(CNC(=O)c2sc3nc(N)c(C#N)cc3c2N)cc1. The zero-order valence-electron chi connectivity index (χ0n) is 13.4. The molecule has 0 saturated carbocycles. The minimum absolute atomic E-state index is 0.126. The van der Waals surface area contributed by atoms with Crippen molar-refractivity contribution >= 4 is 39.0 Å². The van der Waals surface area contributed by atoms with Crippen molar-refractivity contribution in [1.82, 2.24) is 10.3 Å². The smallest absolute Gasteiger partial charge is 0.263 e. The van der Waals surface area contributed by atoms with E-state index in [1.165, 1.54) is 0 Å². The zero-order chi connectivity index (χ0) is 18.0. The molecule has 0 radical (unpaired) electrons. The summed E-state index contributed by atoms with van der Waals surface area (Å²) in [5, 5.41) is 12.4. The van der Waals surface area contributed by atoms with E-state index in [4.69, 9.17) is 21.5 Å². The third-order valence-corrected chi connectivity index (χ3v) is 4.80. The molecule has 5 N–H and O–H groups in total. The number of rotatable bonds is 4. The third-order valence-electron chi connectivity index (χ3n) is 3.69. The summed E-state index contributed by atoms with van der Waals surface area (Å²) in [5.74, 6) is 0.579. The zero-order valence-corrected chi connectivity index (χ0v) is 14.2. The number of ether oxygens (including phenoxy) is 1. The van der Waals surface area contributed by atoms with Gasteiger partial charge in [-0.15, -0.1) is 11.3 Å². The van der Waals surface area contributed by atoms with Crippen LogP contribution in [-0.2, 0) is 6.54 Å². The number of benzene rings is 1. The van der Waals surface area contributed by atoms with E-state index >= 15 is 0 Å². The van der Waals surface area contributed by atoms with E-state index in [-0.39, 0.29) is 17.3 Å². The van der Waals surface area contributed by atoms with Crippen molar-refractivity contribution in [2.24, 2.45) is 0 Å². The Hall–Kier alpha value is -3.31. The molecule has 0 aliphatic carbocycles. The van der Waals surface area contributed by atoms with Gasteiger partial charge < -0.3 is 21.5 Å². The van der Waals surface area contributed by atoms with Crippen LogP contribution in [0.25, 0.3) is 10.2 Å². The monoisotopic (exact) mass is 353 g/mol. The molecular weight excluding hydrogens is 338 g/mol. The number of hydrogen-bond acceptors (Lipinski definition) is 7. The fraction of sp³-hybridized carbons (Fsp3) is 0.118. The van der Waals surface area contributed by atoms with Crippen LogP contribution < -0.4 is 21.5 Å². The summed E-state index contributed by atoms with van der Waals surface area (Å²) in [6.07, 6.45) is 0. The average molecular weight is 353 g/mol. The number of nitrogens with two attached hydrogens (primary N) is 2. The molecule has 0 aliphatic heterocycles. The van der Waals surface area contributed by atoms with Crippen molar-refractivity contribution in [3.63, 3.8) is 0 Å². The van der Waals surface area contributed by atoms with Crippen LogP contribution in [0.3, 0.4) is 0 Å². The summed E-state index contributed by atoms with van der Waals surface area (Å²) < 4.78 is 5.10. The summed E-state index contributed by atoms with van der Waals surface area (Å²) in [6.45, 7) is 0.357. The number of pyridine rings is 1. The Morgan fingerprint density at radius 1 is 1.36 bits per heavy atom. The van der Waals surface area contributed by atoms with Gasteiger partial charge in [0.2, 0.25) is 0 Å². The number of nitrogens with one attached hydrogen (secondary N) is 1. The van der Waals surface area contributed by atoms with Crippen LogP contribution >= 0.6 is 11.3 Å². The summed E-state index contributed by atoms with van der Waals surface area (Å²) >= 11 is 1.15. The van der Waals surface area contributed by atoms with Gasteiger partial charge in [0.15, 0.2) is 0 Å². The van der Waals surface area contributed by atoms with Gasteiger partial charge in [-0.2, -0.15) is 5.26 Å². The number of anilines is 2. The second-order valence-corrected chi connectivity index (χ2v) is 6.26. The quantitative estimate of drug-likeness (QED) is 0.660. The minimum Gasteiger partial charge on any atom is -0.497 e. The van der Waals surface area contributed by atoms with Gasteiger partial charge in [-0.1, -0.05) is 12.1 Å². The number of aromatic nitrogens is 1. The largest absolute Gasteiger partial charge is 0.497 e. The van der Waals surface area contributed by atoms with E-state index in [0.29, 0.717) is 27.3 Å². The van der Waals surface area contributed by atoms with Crippen LogP contribution in [0.15, 0.2) is 30.3 Å². The van der Waals surface area contributed by atoms with Crippen molar-refractivity contribution in [2.45, 2.75) is 6.54 Å². The summed E-state index contributed by atoms with van der Waals surface area (Å²) in [7, 11) is 1.60. The molecule has 0 atom stereocenters. The van der Waals surface area contributed by atoms with Gasteiger partial charge in [-0.25, -0.2) is 4.98 Å². The maximum Gasteiger partial charge on any atom is 0.263 e. The first-order valence-corrected chi connectivity index (χ1v) is 8.15. The fourth-order valence-electron chi connectivity index (χ4n) is 2.32. The van der Waals surface area contributed by atoms with Gasteiger partial charge in [0.05, 0.1) is 18.4 Å². The van der Waals surface area contributed by atoms with Gasteiger partial charge in [0, 0.05) is 11.9 Å². The molecule has 0 bridgehead atoms. The summed E-state index contributed by atoms with van der Waals surface area (Å²) in [5.41, 5.74) is 13.2. The highest BCUT2D eigenvalue weighted by atomic mass is 32.1. The number of nitrogen functional groups attached to an aromatic ring is 2. The predicted octanol–water partition coefficient (Wildman–Crippen LogP) is 2.27. The minimum atomic E-state index is -0.298. The molecule has 8 heteroatoms. The molecule has 0 aliphatic rings. The molecule has 2 aromatic heterocycles. The molecule has 0 spiro atoms. The molecule has 1 amide bonds. The lowest BCUT2D eigenvalue weighted by molar-refractivity contribution is 0.0956. The second-order valence-electron chi connectivity index (χ2n) is 5.26. The van der Waals surface area contributed by atoms with Crippen LogP contribution in [0.5, 0.6) is 5.75 Å². The Bertz CT molecular complexity index is 989. The molecule has 0 fully saturated rings. The first-order valence-electron chi connectivity index (χ1n) is 7.33. The number of methoxy groups -OCH3 is 1. The molecular formula is C17H15N5O2S. The van der Waals surface area contributed by atoms with Gasteiger partial charge in [-0.05, 0) is 23.8 Å². The van der Waals surface area contributed by atoms with Gasteiger partial charge in [0.25, 0.3) is 5.91 Å². The van der Waals surface area contributed by atoms with Crippen LogP contribution in [0.2, 0.25) is 0 Å². The molecule has 3 aromatic rings. The van der Waals surface area contributed by atoms with Crippen molar-refractivity contribution in [1.29, 1.82) is 5.26 Å². The van der Waals surface area contributed by atoms with Crippen LogP contribution in [0, 0.1) is 11.3 Å². The number of thiophene rings is 1. The topological polar surface area (TPSA) is 127 Å².